The van der Waals surface area contributed by atoms with E-state index in [0.29, 0.717) is 0 Å². The molecule has 2 heteroatoms. The van der Waals surface area contributed by atoms with Gasteiger partial charge in [0.25, 0.3) is 0 Å². The van der Waals surface area contributed by atoms with Gasteiger partial charge in [0.05, 0.1) is 0 Å². The van der Waals surface area contributed by atoms with Crippen molar-refractivity contribution >= 4 is 0 Å². The van der Waals surface area contributed by atoms with Crippen molar-refractivity contribution in [2.75, 3.05) is 27.2 Å². The van der Waals surface area contributed by atoms with E-state index in [0.717, 1.165) is 19.6 Å². The molecule has 0 aromatic heterocycles. The second-order valence-electron chi connectivity index (χ2n) is 4.53. The van der Waals surface area contributed by atoms with Crippen LogP contribution in [0.25, 0.3) is 0 Å². The Balaban J connectivity index is 2.16. The summed E-state index contributed by atoms with van der Waals surface area (Å²) in [4.78, 5) is 2.25. The van der Waals surface area contributed by atoms with Crippen LogP contribution >= 0.6 is 0 Å². The molecule has 0 amide bonds. The quantitative estimate of drug-likeness (QED) is 0.801. The molecule has 1 aromatic rings. The molecule has 2 rings (SSSR count). The molecule has 82 valence electrons. The summed E-state index contributed by atoms with van der Waals surface area (Å²) in [5.74, 6) is 0. The van der Waals surface area contributed by atoms with Gasteiger partial charge in [0.1, 0.15) is 0 Å². The van der Waals surface area contributed by atoms with Crippen LogP contribution in [0.4, 0.5) is 0 Å². The Morgan fingerprint density at radius 1 is 1.33 bits per heavy atom. The normalized spacial score (nSPS) is 15.4. The lowest BCUT2D eigenvalue weighted by atomic mass is 9.94. The van der Waals surface area contributed by atoms with Crippen molar-refractivity contribution in [1.82, 2.24) is 10.2 Å². The number of hydrogen-bond acceptors (Lipinski definition) is 2. The monoisotopic (exact) mass is 204 g/mol. The Labute approximate surface area is 92.3 Å². The van der Waals surface area contributed by atoms with Gasteiger partial charge in [-0.1, -0.05) is 18.2 Å². The third-order valence-electron chi connectivity index (χ3n) is 3.07. The van der Waals surface area contributed by atoms with Crippen molar-refractivity contribution in [3.05, 3.63) is 34.9 Å². The molecule has 0 fully saturated rings. The summed E-state index contributed by atoms with van der Waals surface area (Å²) in [6.07, 6.45) is 2.37. The van der Waals surface area contributed by atoms with Crippen molar-refractivity contribution in [2.45, 2.75) is 19.4 Å². The Morgan fingerprint density at radius 3 is 3.00 bits per heavy atom. The fraction of sp³-hybridized carbons (Fsp3) is 0.538. The van der Waals surface area contributed by atoms with Gasteiger partial charge in [-0.05, 0) is 50.2 Å². The van der Waals surface area contributed by atoms with Crippen LogP contribution in [-0.4, -0.2) is 32.1 Å². The zero-order valence-corrected chi connectivity index (χ0v) is 9.71. The van der Waals surface area contributed by atoms with E-state index in [1.807, 2.05) is 0 Å². The number of rotatable bonds is 3. The van der Waals surface area contributed by atoms with Crippen LogP contribution < -0.4 is 5.32 Å². The number of benzene rings is 1. The zero-order chi connectivity index (χ0) is 10.7. The lowest BCUT2D eigenvalue weighted by Crippen LogP contribution is -2.25. The maximum atomic E-state index is 3.42. The van der Waals surface area contributed by atoms with Crippen LogP contribution in [0.3, 0.4) is 0 Å². The lowest BCUT2D eigenvalue weighted by Gasteiger charge is -2.21. The van der Waals surface area contributed by atoms with Gasteiger partial charge in [0, 0.05) is 13.1 Å². The second-order valence-corrected chi connectivity index (χ2v) is 4.53. The molecular weight excluding hydrogens is 184 g/mol. The van der Waals surface area contributed by atoms with Gasteiger partial charge in [-0.2, -0.15) is 0 Å². The molecular formula is C13H20N2. The molecule has 0 aliphatic carbocycles. The van der Waals surface area contributed by atoms with E-state index in [1.165, 1.54) is 18.4 Å². The molecule has 1 heterocycles. The van der Waals surface area contributed by atoms with Crippen LogP contribution in [0.5, 0.6) is 0 Å². The molecule has 1 N–H and O–H groups in total. The van der Waals surface area contributed by atoms with Gasteiger partial charge >= 0.3 is 0 Å². The minimum Gasteiger partial charge on any atom is -0.312 e. The van der Waals surface area contributed by atoms with Gasteiger partial charge in [-0.15, -0.1) is 0 Å². The Hall–Kier alpha value is -0.860. The van der Waals surface area contributed by atoms with Crippen LogP contribution in [0.2, 0.25) is 0 Å². The largest absolute Gasteiger partial charge is 0.312 e. The molecule has 0 radical (unpaired) electrons. The summed E-state index contributed by atoms with van der Waals surface area (Å²) < 4.78 is 0. The molecule has 1 aliphatic rings. The molecule has 0 saturated heterocycles. The highest BCUT2D eigenvalue weighted by Crippen LogP contribution is 2.19. The first-order valence-corrected chi connectivity index (χ1v) is 5.72. The zero-order valence-electron chi connectivity index (χ0n) is 9.71. The first-order chi connectivity index (χ1) is 7.27. The highest BCUT2D eigenvalue weighted by atomic mass is 15.0. The highest BCUT2D eigenvalue weighted by Gasteiger charge is 2.11. The minimum atomic E-state index is 1.05. The van der Waals surface area contributed by atoms with Crippen LogP contribution in [0.15, 0.2) is 18.2 Å². The van der Waals surface area contributed by atoms with Crippen molar-refractivity contribution in [3.8, 4) is 0 Å². The van der Waals surface area contributed by atoms with E-state index >= 15 is 0 Å². The van der Waals surface area contributed by atoms with E-state index in [9.17, 15) is 0 Å². The predicted octanol–water partition coefficient (Wildman–Crippen LogP) is 1.44. The van der Waals surface area contributed by atoms with E-state index < -0.39 is 0 Å². The molecule has 0 spiro atoms. The van der Waals surface area contributed by atoms with E-state index in [1.54, 1.807) is 11.1 Å². The first kappa shape index (κ1) is 10.7. The summed E-state index contributed by atoms with van der Waals surface area (Å²) in [5.41, 5.74) is 4.64. The Bertz CT molecular complexity index is 331. The van der Waals surface area contributed by atoms with E-state index in [4.69, 9.17) is 0 Å². The standard InChI is InChI=1S/C13H20N2/c1-15(2)9-7-11-4-3-5-12-10-14-8-6-13(11)12/h3-5,14H,6-10H2,1-2H3. The van der Waals surface area contributed by atoms with Crippen molar-refractivity contribution in [2.24, 2.45) is 0 Å². The summed E-state index contributed by atoms with van der Waals surface area (Å²) >= 11 is 0. The summed E-state index contributed by atoms with van der Waals surface area (Å²) in [7, 11) is 4.27. The molecule has 0 saturated carbocycles. The highest BCUT2D eigenvalue weighted by molar-refractivity contribution is 5.37. The molecule has 1 aliphatic heterocycles. The maximum Gasteiger partial charge on any atom is 0.0208 e. The van der Waals surface area contributed by atoms with Gasteiger partial charge in [-0.25, -0.2) is 0 Å². The number of nitrogens with one attached hydrogen (secondary N) is 1. The van der Waals surface area contributed by atoms with Gasteiger partial charge in [0.15, 0.2) is 0 Å². The molecule has 0 bridgehead atoms. The molecule has 2 nitrogen and oxygen atoms in total. The van der Waals surface area contributed by atoms with Crippen LogP contribution in [-0.2, 0) is 19.4 Å². The molecule has 15 heavy (non-hydrogen) atoms. The van der Waals surface area contributed by atoms with Gasteiger partial charge in [0.2, 0.25) is 0 Å². The number of nitrogens with zero attached hydrogens (tertiary/aromatic N) is 1. The minimum absolute atomic E-state index is 1.05. The Kier molecular flexibility index (Phi) is 3.39. The average Bonchev–Trinajstić information content (AvgIpc) is 2.26. The molecule has 0 atom stereocenters. The van der Waals surface area contributed by atoms with Crippen LogP contribution in [0, 0.1) is 0 Å². The molecule has 1 aromatic carbocycles. The third-order valence-corrected chi connectivity index (χ3v) is 3.07. The van der Waals surface area contributed by atoms with Gasteiger partial charge < -0.3 is 10.2 Å². The topological polar surface area (TPSA) is 15.3 Å². The van der Waals surface area contributed by atoms with Gasteiger partial charge in [-0.3, -0.25) is 0 Å². The van der Waals surface area contributed by atoms with E-state index in [-0.39, 0.29) is 0 Å². The molecule has 0 unspecified atom stereocenters. The predicted molar refractivity (Wildman–Crippen MR) is 64.1 cm³/mol. The maximum absolute atomic E-state index is 3.42. The SMILES string of the molecule is CN(C)CCc1cccc2c1CCNC2. The average molecular weight is 204 g/mol. The van der Waals surface area contributed by atoms with E-state index in [2.05, 4.69) is 42.5 Å². The fourth-order valence-corrected chi connectivity index (χ4v) is 2.19. The number of fused-ring (bicyclic) bond motifs is 1. The summed E-state index contributed by atoms with van der Waals surface area (Å²) in [6, 6.07) is 6.73. The van der Waals surface area contributed by atoms with Crippen molar-refractivity contribution in [1.29, 1.82) is 0 Å². The number of likely N-dealkylation sites (N-methyl/N-ethyl adjacent to an activating group) is 1. The fourth-order valence-electron chi connectivity index (χ4n) is 2.19. The Morgan fingerprint density at radius 2 is 2.20 bits per heavy atom. The van der Waals surface area contributed by atoms with Crippen molar-refractivity contribution < 1.29 is 0 Å². The summed E-state index contributed by atoms with van der Waals surface area (Å²) in [6.45, 7) is 3.32. The van der Waals surface area contributed by atoms with Crippen molar-refractivity contribution in [3.63, 3.8) is 0 Å². The number of hydrogen-bond donors (Lipinski definition) is 1. The summed E-state index contributed by atoms with van der Waals surface area (Å²) in [5, 5.41) is 3.42. The first-order valence-electron chi connectivity index (χ1n) is 5.72. The third kappa shape index (κ3) is 2.58. The smallest absolute Gasteiger partial charge is 0.0208 e. The van der Waals surface area contributed by atoms with Crippen LogP contribution in [0.1, 0.15) is 16.7 Å². The second kappa shape index (κ2) is 4.77. The lowest BCUT2D eigenvalue weighted by molar-refractivity contribution is 0.412.